The first-order valence-electron chi connectivity index (χ1n) is 6.94. The molecule has 0 bridgehead atoms. The van der Waals surface area contributed by atoms with Crippen molar-refractivity contribution in [2.24, 2.45) is 7.05 Å². The monoisotopic (exact) mass is 303 g/mol. The van der Waals surface area contributed by atoms with Crippen molar-refractivity contribution < 1.29 is 14.3 Å². The molecule has 1 fully saturated rings. The van der Waals surface area contributed by atoms with Gasteiger partial charge in [-0.05, 0) is 6.92 Å². The Morgan fingerprint density at radius 1 is 1.36 bits per heavy atom. The summed E-state index contributed by atoms with van der Waals surface area (Å²) in [6.45, 7) is 2.63. The molecule has 116 valence electrons. The minimum Gasteiger partial charge on any atom is -0.482 e. The molecule has 1 amide bonds. The van der Waals surface area contributed by atoms with Gasteiger partial charge in [0.15, 0.2) is 5.75 Å². The molecule has 8 heteroatoms. The molecule has 1 aliphatic heterocycles. The van der Waals surface area contributed by atoms with Gasteiger partial charge in [-0.3, -0.25) is 14.5 Å². The Morgan fingerprint density at radius 2 is 2.23 bits per heavy atom. The molecule has 1 N–H and O–H groups in total. The fraction of sp³-hybridized carbons (Fsp3) is 0.429. The summed E-state index contributed by atoms with van der Waals surface area (Å²) in [5.41, 5.74) is 1.04. The molecule has 1 saturated heterocycles. The van der Waals surface area contributed by atoms with Crippen LogP contribution in [-0.2, 0) is 11.8 Å². The first-order valence-corrected chi connectivity index (χ1v) is 6.94. The molecule has 0 saturated carbocycles. The van der Waals surface area contributed by atoms with E-state index in [1.165, 1.54) is 6.20 Å². The zero-order valence-corrected chi connectivity index (χ0v) is 12.4. The quantitative estimate of drug-likeness (QED) is 0.861. The molecule has 0 radical (unpaired) electrons. The molecule has 22 heavy (non-hydrogen) atoms. The molecule has 0 spiro atoms. The number of aryl methyl sites for hydroxylation is 2. The number of ether oxygens (including phenoxy) is 2. The second kappa shape index (κ2) is 6.10. The molecule has 3 heterocycles. The van der Waals surface area contributed by atoms with Crippen molar-refractivity contribution >= 4 is 5.91 Å². The Morgan fingerprint density at radius 3 is 2.91 bits per heavy atom. The maximum absolute atomic E-state index is 12.2. The number of carbonyl (C=O) groups is 1. The molecular weight excluding hydrogens is 286 g/mol. The zero-order valence-electron chi connectivity index (χ0n) is 12.4. The van der Waals surface area contributed by atoms with Crippen molar-refractivity contribution in [3.63, 3.8) is 0 Å². The Labute approximate surface area is 127 Å². The van der Waals surface area contributed by atoms with Crippen molar-refractivity contribution in [3.05, 3.63) is 36.2 Å². The largest absolute Gasteiger partial charge is 0.482 e. The molecular formula is C14H17N5O3. The van der Waals surface area contributed by atoms with Crippen LogP contribution in [0.15, 0.2) is 24.8 Å². The van der Waals surface area contributed by atoms with Gasteiger partial charge in [0.2, 0.25) is 0 Å². The van der Waals surface area contributed by atoms with E-state index in [9.17, 15) is 4.79 Å². The molecule has 2 aromatic heterocycles. The van der Waals surface area contributed by atoms with Gasteiger partial charge in [0.1, 0.15) is 11.8 Å². The van der Waals surface area contributed by atoms with Crippen molar-refractivity contribution in [3.8, 4) is 5.75 Å². The molecule has 0 unspecified atom stereocenters. The fourth-order valence-corrected chi connectivity index (χ4v) is 2.17. The van der Waals surface area contributed by atoms with Crippen LogP contribution in [0.25, 0.3) is 0 Å². The number of hydrogen-bond donors (Lipinski definition) is 1. The highest BCUT2D eigenvalue weighted by Crippen LogP contribution is 2.16. The fourth-order valence-electron chi connectivity index (χ4n) is 2.17. The summed E-state index contributed by atoms with van der Waals surface area (Å²) < 4.78 is 12.9. The average molecular weight is 303 g/mol. The lowest BCUT2D eigenvalue weighted by Gasteiger charge is -2.19. The lowest BCUT2D eigenvalue weighted by molar-refractivity contribution is 0.0898. The van der Waals surface area contributed by atoms with E-state index in [1.807, 2.05) is 14.0 Å². The van der Waals surface area contributed by atoms with Gasteiger partial charge >= 0.3 is 0 Å². The molecule has 2 atom stereocenters. The number of amides is 1. The molecule has 3 rings (SSSR count). The van der Waals surface area contributed by atoms with Crippen LogP contribution in [-0.4, -0.2) is 51.0 Å². The van der Waals surface area contributed by atoms with Gasteiger partial charge in [0.05, 0.1) is 43.5 Å². The van der Waals surface area contributed by atoms with Crippen LogP contribution in [0.4, 0.5) is 0 Å². The van der Waals surface area contributed by atoms with Gasteiger partial charge in [-0.25, -0.2) is 4.98 Å². The first-order chi connectivity index (χ1) is 10.6. The van der Waals surface area contributed by atoms with Crippen molar-refractivity contribution in [1.29, 1.82) is 0 Å². The number of hydrogen-bond acceptors (Lipinski definition) is 6. The van der Waals surface area contributed by atoms with Crippen LogP contribution in [0, 0.1) is 6.92 Å². The molecule has 1 aliphatic rings. The van der Waals surface area contributed by atoms with Gasteiger partial charge in [-0.15, -0.1) is 0 Å². The number of aromatic nitrogens is 4. The van der Waals surface area contributed by atoms with Crippen LogP contribution in [0.5, 0.6) is 5.75 Å². The van der Waals surface area contributed by atoms with Crippen LogP contribution >= 0.6 is 0 Å². The second-order valence-electron chi connectivity index (χ2n) is 5.17. The standard InChI is InChI=1S/C14H17N5O3/c1-9-3-16-11(5-15-9)14(20)18-12-7-21-8-13(12)22-10-4-17-19(2)6-10/h3-6,12-13H,7-8H2,1-2H3,(H,18,20)/t12-,13+/m0/s1. The van der Waals surface area contributed by atoms with Crippen LogP contribution < -0.4 is 10.1 Å². The topological polar surface area (TPSA) is 91.2 Å². The third-order valence-electron chi connectivity index (χ3n) is 3.33. The maximum atomic E-state index is 12.2. The van der Waals surface area contributed by atoms with E-state index in [-0.39, 0.29) is 23.7 Å². The number of carbonyl (C=O) groups excluding carboxylic acids is 1. The Kier molecular flexibility index (Phi) is 4.01. The summed E-state index contributed by atoms with van der Waals surface area (Å²) in [4.78, 5) is 20.3. The third kappa shape index (κ3) is 3.22. The van der Waals surface area contributed by atoms with Gasteiger partial charge in [0.25, 0.3) is 5.91 Å². The molecule has 8 nitrogen and oxygen atoms in total. The summed E-state index contributed by atoms with van der Waals surface area (Å²) in [5, 5.41) is 6.92. The summed E-state index contributed by atoms with van der Waals surface area (Å²) in [5.74, 6) is 0.357. The van der Waals surface area contributed by atoms with E-state index >= 15 is 0 Å². The van der Waals surface area contributed by atoms with Crippen molar-refractivity contribution in [2.45, 2.75) is 19.1 Å². The highest BCUT2D eigenvalue weighted by atomic mass is 16.5. The van der Waals surface area contributed by atoms with Gasteiger partial charge in [0, 0.05) is 13.2 Å². The van der Waals surface area contributed by atoms with Gasteiger partial charge in [-0.2, -0.15) is 5.10 Å². The minimum atomic E-state index is -0.289. The Bertz CT molecular complexity index is 655. The Balaban J connectivity index is 1.63. The predicted molar refractivity (Wildman–Crippen MR) is 76.5 cm³/mol. The smallest absolute Gasteiger partial charge is 0.271 e. The number of nitrogens with zero attached hydrogens (tertiary/aromatic N) is 4. The first kappa shape index (κ1) is 14.5. The highest BCUT2D eigenvalue weighted by molar-refractivity contribution is 5.92. The number of nitrogens with one attached hydrogen (secondary N) is 1. The van der Waals surface area contributed by atoms with Crippen molar-refractivity contribution in [2.75, 3.05) is 13.2 Å². The van der Waals surface area contributed by atoms with Crippen LogP contribution in [0.3, 0.4) is 0 Å². The number of rotatable bonds is 4. The van der Waals surface area contributed by atoms with E-state index in [4.69, 9.17) is 9.47 Å². The SMILES string of the molecule is Cc1cnc(C(=O)N[C@H]2COC[C@H]2Oc2cnn(C)c2)cn1. The van der Waals surface area contributed by atoms with Crippen molar-refractivity contribution in [1.82, 2.24) is 25.1 Å². The predicted octanol–water partition coefficient (Wildman–Crippen LogP) is 0.0947. The average Bonchev–Trinajstić information content (AvgIpc) is 3.10. The lowest BCUT2D eigenvalue weighted by Crippen LogP contribution is -2.45. The van der Waals surface area contributed by atoms with E-state index < -0.39 is 0 Å². The summed E-state index contributed by atoms with van der Waals surface area (Å²) in [7, 11) is 1.81. The summed E-state index contributed by atoms with van der Waals surface area (Å²) in [6.07, 6.45) is 6.15. The minimum absolute atomic E-state index is 0.240. The summed E-state index contributed by atoms with van der Waals surface area (Å²) >= 11 is 0. The van der Waals surface area contributed by atoms with E-state index in [1.54, 1.807) is 23.3 Å². The maximum Gasteiger partial charge on any atom is 0.271 e. The highest BCUT2D eigenvalue weighted by Gasteiger charge is 2.32. The van der Waals surface area contributed by atoms with Gasteiger partial charge < -0.3 is 14.8 Å². The molecule has 0 aliphatic carbocycles. The normalized spacial score (nSPS) is 20.8. The van der Waals surface area contributed by atoms with Crippen LogP contribution in [0.2, 0.25) is 0 Å². The lowest BCUT2D eigenvalue weighted by atomic mass is 10.2. The Hall–Kier alpha value is -2.48. The van der Waals surface area contributed by atoms with Gasteiger partial charge in [-0.1, -0.05) is 0 Å². The van der Waals surface area contributed by atoms with E-state index in [0.717, 1.165) is 5.69 Å². The zero-order chi connectivity index (χ0) is 15.5. The van der Waals surface area contributed by atoms with Crippen LogP contribution in [0.1, 0.15) is 16.2 Å². The summed E-state index contributed by atoms with van der Waals surface area (Å²) in [6, 6.07) is -0.240. The second-order valence-corrected chi connectivity index (χ2v) is 5.17. The third-order valence-corrected chi connectivity index (χ3v) is 3.33. The molecule has 0 aromatic carbocycles. The van der Waals surface area contributed by atoms with E-state index in [0.29, 0.717) is 19.0 Å². The van der Waals surface area contributed by atoms with E-state index in [2.05, 4.69) is 20.4 Å². The molecule has 2 aromatic rings.